The van der Waals surface area contributed by atoms with Crippen LogP contribution in [0.5, 0.6) is 5.75 Å². The second-order valence-electron chi connectivity index (χ2n) is 8.23. The molecule has 1 heterocycles. The summed E-state index contributed by atoms with van der Waals surface area (Å²) in [4.78, 5) is 14.1. The molecule has 1 aliphatic heterocycles. The van der Waals surface area contributed by atoms with E-state index in [1.54, 1.807) is 0 Å². The van der Waals surface area contributed by atoms with Crippen molar-refractivity contribution in [2.45, 2.75) is 51.6 Å². The Labute approximate surface area is 156 Å². The predicted molar refractivity (Wildman–Crippen MR) is 100 cm³/mol. The molecule has 0 bridgehead atoms. The van der Waals surface area contributed by atoms with Crippen LogP contribution < -0.4 is 4.74 Å². The monoisotopic (exact) mass is 361 g/mol. The van der Waals surface area contributed by atoms with Crippen molar-refractivity contribution in [3.63, 3.8) is 0 Å². The van der Waals surface area contributed by atoms with Gasteiger partial charge in [-0.2, -0.15) is 0 Å². The Balaban J connectivity index is 1.59. The smallest absolute Gasteiger partial charge is 0.313 e. The van der Waals surface area contributed by atoms with Gasteiger partial charge in [-0.25, -0.2) is 0 Å². The van der Waals surface area contributed by atoms with Gasteiger partial charge in [0.2, 0.25) is 0 Å². The number of para-hydroxylation sites is 1. The average Bonchev–Trinajstić information content (AvgIpc) is 3.41. The van der Waals surface area contributed by atoms with Gasteiger partial charge in [0.05, 0.1) is 6.10 Å². The van der Waals surface area contributed by atoms with Crippen LogP contribution in [0.1, 0.15) is 51.0 Å². The number of rotatable bonds is 8. The van der Waals surface area contributed by atoms with E-state index in [1.165, 1.54) is 5.56 Å². The number of ether oxygens (including phenoxy) is 1. The summed E-state index contributed by atoms with van der Waals surface area (Å²) in [5.74, 6) is 0.916. The predicted octanol–water partition coefficient (Wildman–Crippen LogP) is 3.13. The van der Waals surface area contributed by atoms with Gasteiger partial charge in [0.1, 0.15) is 17.8 Å². The zero-order valence-corrected chi connectivity index (χ0v) is 15.9. The number of aliphatic hydroxyl groups is 1. The number of nitrogens with zero attached hydrogens (tertiary/aromatic N) is 1. The molecule has 0 radical (unpaired) electrons. The van der Waals surface area contributed by atoms with Gasteiger partial charge in [-0.3, -0.25) is 9.69 Å². The maximum absolute atomic E-state index is 12.0. The largest absolute Gasteiger partial charge is 0.492 e. The molecular weight excluding hydrogens is 330 g/mol. The van der Waals surface area contributed by atoms with Crippen molar-refractivity contribution in [3.05, 3.63) is 29.8 Å². The Kier molecular flexibility index (Phi) is 5.88. The van der Waals surface area contributed by atoms with Gasteiger partial charge in [-0.15, -0.1) is 0 Å². The highest BCUT2D eigenvalue weighted by Gasteiger charge is 2.51. The molecule has 5 nitrogen and oxygen atoms in total. The molecule has 0 amide bonds. The molecule has 1 saturated carbocycles. The molecular formula is C21H31NO4. The van der Waals surface area contributed by atoms with Crippen molar-refractivity contribution in [1.82, 2.24) is 4.90 Å². The molecule has 5 heteroatoms. The van der Waals surface area contributed by atoms with E-state index in [1.807, 2.05) is 18.2 Å². The first-order valence-electron chi connectivity index (χ1n) is 9.78. The summed E-state index contributed by atoms with van der Waals surface area (Å²) in [6, 6.07) is 8.07. The third-order valence-corrected chi connectivity index (χ3v) is 5.84. The van der Waals surface area contributed by atoms with E-state index in [0.717, 1.165) is 25.1 Å². The second-order valence-corrected chi connectivity index (χ2v) is 8.23. The van der Waals surface area contributed by atoms with Crippen LogP contribution in [0.3, 0.4) is 0 Å². The summed E-state index contributed by atoms with van der Waals surface area (Å²) >= 11 is 0. The number of carbonyl (C=O) groups is 1. The summed E-state index contributed by atoms with van der Waals surface area (Å²) in [6.07, 6.45) is 2.55. The Morgan fingerprint density at radius 3 is 2.69 bits per heavy atom. The number of carboxylic acid groups (broad SMARTS) is 1. The van der Waals surface area contributed by atoms with E-state index in [9.17, 15) is 15.0 Å². The molecule has 2 fully saturated rings. The summed E-state index contributed by atoms with van der Waals surface area (Å²) in [5.41, 5.74) is 0.171. The third kappa shape index (κ3) is 4.21. The number of piperidine rings is 1. The molecule has 26 heavy (non-hydrogen) atoms. The van der Waals surface area contributed by atoms with Crippen LogP contribution in [0.4, 0.5) is 0 Å². The summed E-state index contributed by atoms with van der Waals surface area (Å²) in [5, 5.41) is 20.3. The minimum absolute atomic E-state index is 0.398. The molecule has 144 valence electrons. The standard InChI is InChI=1S/C21H31NO4/c1-15(2)17-5-3-4-6-18(17)26-12-11-22-10-9-19(23)21(14-22,20(24)25)13-16-7-8-16/h3-6,15-16,19,23H,7-14H2,1-2H3,(H,24,25)/t19-,21+/m1/s1. The van der Waals surface area contributed by atoms with Crippen molar-refractivity contribution < 1.29 is 19.7 Å². The summed E-state index contributed by atoms with van der Waals surface area (Å²) < 4.78 is 6.00. The van der Waals surface area contributed by atoms with Crippen molar-refractivity contribution in [2.75, 3.05) is 26.2 Å². The first-order chi connectivity index (χ1) is 12.4. The van der Waals surface area contributed by atoms with Gasteiger partial charge >= 0.3 is 5.97 Å². The second kappa shape index (κ2) is 7.97. The van der Waals surface area contributed by atoms with Gasteiger partial charge in [0.25, 0.3) is 0 Å². The topological polar surface area (TPSA) is 70.0 Å². The van der Waals surface area contributed by atoms with Gasteiger partial charge in [-0.05, 0) is 36.3 Å². The first kappa shape index (κ1) is 19.2. The number of aliphatic carboxylic acids is 1. The highest BCUT2D eigenvalue weighted by molar-refractivity contribution is 5.76. The van der Waals surface area contributed by atoms with Crippen LogP contribution >= 0.6 is 0 Å². The van der Waals surface area contributed by atoms with Gasteiger partial charge in [0.15, 0.2) is 0 Å². The Hall–Kier alpha value is -1.59. The molecule has 0 unspecified atom stereocenters. The maximum atomic E-state index is 12.0. The maximum Gasteiger partial charge on any atom is 0.313 e. The lowest BCUT2D eigenvalue weighted by Gasteiger charge is -2.43. The van der Waals surface area contributed by atoms with Crippen LogP contribution in [0, 0.1) is 11.3 Å². The highest BCUT2D eigenvalue weighted by atomic mass is 16.5. The van der Waals surface area contributed by atoms with E-state index >= 15 is 0 Å². The van der Waals surface area contributed by atoms with Crippen LogP contribution in [0.25, 0.3) is 0 Å². The van der Waals surface area contributed by atoms with Gasteiger partial charge in [-0.1, -0.05) is 44.9 Å². The van der Waals surface area contributed by atoms with Crippen molar-refractivity contribution in [1.29, 1.82) is 0 Å². The lowest BCUT2D eigenvalue weighted by Crippen LogP contribution is -2.56. The quantitative estimate of drug-likeness (QED) is 0.744. The number of hydrogen-bond donors (Lipinski definition) is 2. The zero-order chi connectivity index (χ0) is 18.7. The molecule has 1 aliphatic carbocycles. The fraction of sp³-hybridized carbons (Fsp3) is 0.667. The van der Waals surface area contributed by atoms with E-state index in [-0.39, 0.29) is 0 Å². The van der Waals surface area contributed by atoms with Gasteiger partial charge < -0.3 is 14.9 Å². The highest BCUT2D eigenvalue weighted by Crippen LogP contribution is 2.45. The molecule has 1 aromatic carbocycles. The SMILES string of the molecule is CC(C)c1ccccc1OCCN1CC[C@@H](O)[C@@](CC2CC2)(C(=O)O)C1. The number of carboxylic acids is 1. The number of aliphatic hydroxyl groups excluding tert-OH is 1. The number of benzene rings is 1. The zero-order valence-electron chi connectivity index (χ0n) is 15.9. The van der Waals surface area contributed by atoms with E-state index < -0.39 is 17.5 Å². The Bertz CT molecular complexity index is 628. The van der Waals surface area contributed by atoms with Crippen LogP contribution in [-0.4, -0.2) is 53.4 Å². The van der Waals surface area contributed by atoms with Crippen molar-refractivity contribution >= 4 is 5.97 Å². The molecule has 1 saturated heterocycles. The molecule has 2 atom stereocenters. The van der Waals surface area contributed by atoms with E-state index in [4.69, 9.17) is 4.74 Å². The fourth-order valence-electron chi connectivity index (χ4n) is 4.06. The molecule has 0 aromatic heterocycles. The van der Waals surface area contributed by atoms with Crippen LogP contribution in [0.2, 0.25) is 0 Å². The fourth-order valence-corrected chi connectivity index (χ4v) is 4.06. The van der Waals surface area contributed by atoms with Crippen LogP contribution in [0.15, 0.2) is 24.3 Å². The minimum atomic E-state index is -1.02. The summed E-state index contributed by atoms with van der Waals surface area (Å²) in [6.45, 7) is 6.63. The van der Waals surface area contributed by atoms with Crippen molar-refractivity contribution in [3.8, 4) is 5.75 Å². The Morgan fingerprint density at radius 2 is 2.04 bits per heavy atom. The average molecular weight is 361 g/mol. The van der Waals surface area contributed by atoms with Crippen molar-refractivity contribution in [2.24, 2.45) is 11.3 Å². The lowest BCUT2D eigenvalue weighted by atomic mass is 9.73. The third-order valence-electron chi connectivity index (χ3n) is 5.84. The molecule has 1 aromatic rings. The number of likely N-dealkylation sites (tertiary alicyclic amines) is 1. The lowest BCUT2D eigenvalue weighted by molar-refractivity contribution is -0.165. The normalized spacial score (nSPS) is 26.8. The first-order valence-corrected chi connectivity index (χ1v) is 9.78. The van der Waals surface area contributed by atoms with Gasteiger partial charge in [0, 0.05) is 19.6 Å². The molecule has 2 aliphatic rings. The van der Waals surface area contributed by atoms with E-state index in [2.05, 4.69) is 24.8 Å². The van der Waals surface area contributed by atoms with E-state index in [0.29, 0.717) is 44.4 Å². The molecule has 3 rings (SSSR count). The molecule has 0 spiro atoms. The number of hydrogen-bond acceptors (Lipinski definition) is 4. The summed E-state index contributed by atoms with van der Waals surface area (Å²) in [7, 11) is 0. The van der Waals surface area contributed by atoms with Crippen LogP contribution in [-0.2, 0) is 4.79 Å². The minimum Gasteiger partial charge on any atom is -0.492 e. The molecule has 2 N–H and O–H groups in total. The Morgan fingerprint density at radius 1 is 1.31 bits per heavy atom.